The molecule has 0 aliphatic carbocycles. The molecular weight excluding hydrogens is 164 g/mol. The largest absolute Gasteiger partial charge is 0.327 e. The molecule has 1 aromatic heterocycles. The van der Waals surface area contributed by atoms with Crippen molar-refractivity contribution in [2.24, 2.45) is 18.2 Å². The molecule has 1 unspecified atom stereocenters. The van der Waals surface area contributed by atoms with Crippen LogP contribution in [0.4, 0.5) is 0 Å². The van der Waals surface area contributed by atoms with Crippen molar-refractivity contribution < 1.29 is 0 Å². The predicted octanol–water partition coefficient (Wildman–Crippen LogP) is 0.731. The van der Waals surface area contributed by atoms with Gasteiger partial charge in [-0.3, -0.25) is 0 Å². The van der Waals surface area contributed by atoms with E-state index in [1.54, 1.807) is 6.33 Å². The molecule has 0 amide bonds. The lowest BCUT2D eigenvalue weighted by Gasteiger charge is -2.26. The van der Waals surface area contributed by atoms with Gasteiger partial charge < -0.3 is 10.3 Å². The van der Waals surface area contributed by atoms with Crippen molar-refractivity contribution in [1.29, 1.82) is 0 Å². The molecule has 0 saturated heterocycles. The second-order valence-corrected chi connectivity index (χ2v) is 4.53. The van der Waals surface area contributed by atoms with Gasteiger partial charge in [0.2, 0.25) is 0 Å². The molecule has 1 rings (SSSR count). The minimum absolute atomic E-state index is 0.117. The van der Waals surface area contributed by atoms with Crippen LogP contribution in [0.1, 0.15) is 26.6 Å². The average Bonchev–Trinajstić information content (AvgIpc) is 2.34. The fraction of sp³-hybridized carbons (Fsp3) is 0.778. The first-order valence-corrected chi connectivity index (χ1v) is 4.49. The number of aryl methyl sites for hydroxylation is 1. The maximum atomic E-state index is 6.03. The Kier molecular flexibility index (Phi) is 2.71. The average molecular weight is 182 g/mol. The van der Waals surface area contributed by atoms with E-state index in [9.17, 15) is 0 Å². The van der Waals surface area contributed by atoms with Crippen molar-refractivity contribution >= 4 is 0 Å². The Balaban J connectivity index is 2.65. The molecular formula is C9H18N4. The molecule has 0 bridgehead atoms. The molecule has 0 aliphatic rings. The Bertz CT molecular complexity index is 271. The lowest BCUT2D eigenvalue weighted by molar-refractivity contribution is 0.313. The summed E-state index contributed by atoms with van der Waals surface area (Å²) in [5.74, 6) is 0.947. The SMILES string of the molecule is Cn1cnnc1CC(N)C(C)(C)C. The summed E-state index contributed by atoms with van der Waals surface area (Å²) in [6.45, 7) is 6.40. The van der Waals surface area contributed by atoms with Crippen LogP contribution in [-0.4, -0.2) is 20.8 Å². The second kappa shape index (κ2) is 3.46. The van der Waals surface area contributed by atoms with Crippen LogP contribution < -0.4 is 5.73 Å². The van der Waals surface area contributed by atoms with Gasteiger partial charge in [-0.15, -0.1) is 10.2 Å². The molecule has 1 aromatic rings. The van der Waals surface area contributed by atoms with Gasteiger partial charge in [0, 0.05) is 19.5 Å². The highest BCUT2D eigenvalue weighted by molar-refractivity contribution is 4.92. The molecule has 4 heteroatoms. The zero-order valence-electron chi connectivity index (χ0n) is 8.78. The quantitative estimate of drug-likeness (QED) is 0.733. The van der Waals surface area contributed by atoms with E-state index in [0.29, 0.717) is 0 Å². The van der Waals surface area contributed by atoms with Gasteiger partial charge in [-0.1, -0.05) is 20.8 Å². The summed E-state index contributed by atoms with van der Waals surface area (Å²) >= 11 is 0. The van der Waals surface area contributed by atoms with Crippen LogP contribution >= 0.6 is 0 Å². The minimum Gasteiger partial charge on any atom is -0.327 e. The maximum absolute atomic E-state index is 6.03. The van der Waals surface area contributed by atoms with Gasteiger partial charge in [0.25, 0.3) is 0 Å². The third kappa shape index (κ3) is 2.52. The molecule has 0 aliphatic heterocycles. The first kappa shape index (κ1) is 10.2. The van der Waals surface area contributed by atoms with Crippen molar-refractivity contribution in [2.75, 3.05) is 0 Å². The topological polar surface area (TPSA) is 56.7 Å². The summed E-state index contributed by atoms with van der Waals surface area (Å²) in [6, 6.07) is 0.121. The highest BCUT2D eigenvalue weighted by Crippen LogP contribution is 2.19. The second-order valence-electron chi connectivity index (χ2n) is 4.53. The third-order valence-corrected chi connectivity index (χ3v) is 2.32. The van der Waals surface area contributed by atoms with Gasteiger partial charge in [-0.25, -0.2) is 0 Å². The molecule has 13 heavy (non-hydrogen) atoms. The minimum atomic E-state index is 0.117. The van der Waals surface area contributed by atoms with Crippen molar-refractivity contribution in [2.45, 2.75) is 33.2 Å². The van der Waals surface area contributed by atoms with Gasteiger partial charge in [0.05, 0.1) is 0 Å². The molecule has 0 fully saturated rings. The Morgan fingerprint density at radius 2 is 2.15 bits per heavy atom. The smallest absolute Gasteiger partial charge is 0.134 e. The van der Waals surface area contributed by atoms with Crippen molar-refractivity contribution in [3.63, 3.8) is 0 Å². The van der Waals surface area contributed by atoms with Crippen molar-refractivity contribution in [3.05, 3.63) is 12.2 Å². The van der Waals surface area contributed by atoms with E-state index in [1.165, 1.54) is 0 Å². The molecule has 0 spiro atoms. The number of hydrogen-bond donors (Lipinski definition) is 1. The molecule has 0 saturated carbocycles. The Morgan fingerprint density at radius 1 is 1.54 bits per heavy atom. The summed E-state index contributed by atoms with van der Waals surface area (Å²) in [7, 11) is 1.94. The van der Waals surface area contributed by atoms with E-state index in [-0.39, 0.29) is 11.5 Å². The molecule has 0 radical (unpaired) electrons. The highest BCUT2D eigenvalue weighted by atomic mass is 15.2. The van der Waals surface area contributed by atoms with E-state index < -0.39 is 0 Å². The summed E-state index contributed by atoms with van der Waals surface area (Å²) in [4.78, 5) is 0. The first-order valence-electron chi connectivity index (χ1n) is 4.49. The monoisotopic (exact) mass is 182 g/mol. The molecule has 4 nitrogen and oxygen atoms in total. The fourth-order valence-electron chi connectivity index (χ4n) is 0.995. The van der Waals surface area contributed by atoms with E-state index in [1.807, 2.05) is 11.6 Å². The fourth-order valence-corrected chi connectivity index (χ4v) is 0.995. The summed E-state index contributed by atoms with van der Waals surface area (Å²) in [5, 5.41) is 7.82. The lowest BCUT2D eigenvalue weighted by Crippen LogP contribution is -2.37. The van der Waals surface area contributed by atoms with Gasteiger partial charge in [0.1, 0.15) is 12.2 Å². The highest BCUT2D eigenvalue weighted by Gasteiger charge is 2.22. The summed E-state index contributed by atoms with van der Waals surface area (Å²) in [5.41, 5.74) is 6.15. The molecule has 0 aromatic carbocycles. The van der Waals surface area contributed by atoms with Crippen LogP contribution in [0.15, 0.2) is 6.33 Å². The zero-order valence-corrected chi connectivity index (χ0v) is 8.78. The van der Waals surface area contributed by atoms with Crippen LogP contribution in [0, 0.1) is 5.41 Å². The van der Waals surface area contributed by atoms with Gasteiger partial charge in [-0.2, -0.15) is 0 Å². The number of rotatable bonds is 2. The number of nitrogens with two attached hydrogens (primary N) is 1. The number of aromatic nitrogens is 3. The van der Waals surface area contributed by atoms with Crippen LogP contribution in [-0.2, 0) is 13.5 Å². The molecule has 2 N–H and O–H groups in total. The van der Waals surface area contributed by atoms with E-state index >= 15 is 0 Å². The Morgan fingerprint density at radius 3 is 2.54 bits per heavy atom. The summed E-state index contributed by atoms with van der Waals surface area (Å²) in [6.07, 6.45) is 2.48. The Labute approximate surface area is 79.2 Å². The Hall–Kier alpha value is -0.900. The number of nitrogens with zero attached hydrogens (tertiary/aromatic N) is 3. The molecule has 1 heterocycles. The van der Waals surface area contributed by atoms with Crippen molar-refractivity contribution in [3.8, 4) is 0 Å². The maximum Gasteiger partial charge on any atom is 0.134 e. The third-order valence-electron chi connectivity index (χ3n) is 2.32. The first-order chi connectivity index (χ1) is 5.91. The standard InChI is InChI=1S/C9H18N4/c1-9(2,3)7(10)5-8-12-11-6-13(8)4/h6-7H,5,10H2,1-4H3. The van der Waals surface area contributed by atoms with Crippen LogP contribution in [0.3, 0.4) is 0 Å². The predicted molar refractivity (Wildman–Crippen MR) is 52.1 cm³/mol. The van der Waals surface area contributed by atoms with Crippen LogP contribution in [0.2, 0.25) is 0 Å². The summed E-state index contributed by atoms with van der Waals surface area (Å²) < 4.78 is 1.91. The van der Waals surface area contributed by atoms with Crippen LogP contribution in [0.5, 0.6) is 0 Å². The van der Waals surface area contributed by atoms with Gasteiger partial charge >= 0.3 is 0 Å². The molecule has 74 valence electrons. The van der Waals surface area contributed by atoms with Crippen molar-refractivity contribution in [1.82, 2.24) is 14.8 Å². The van der Waals surface area contributed by atoms with E-state index in [4.69, 9.17) is 5.73 Å². The van der Waals surface area contributed by atoms with E-state index in [0.717, 1.165) is 12.2 Å². The molecule has 1 atom stereocenters. The lowest BCUT2D eigenvalue weighted by atomic mass is 9.85. The van der Waals surface area contributed by atoms with Gasteiger partial charge in [-0.05, 0) is 5.41 Å². The van der Waals surface area contributed by atoms with E-state index in [2.05, 4.69) is 31.0 Å². The van der Waals surface area contributed by atoms with Gasteiger partial charge in [0.15, 0.2) is 0 Å². The zero-order chi connectivity index (χ0) is 10.1. The normalized spacial score (nSPS) is 14.5. The number of hydrogen-bond acceptors (Lipinski definition) is 3. The van der Waals surface area contributed by atoms with Crippen LogP contribution in [0.25, 0.3) is 0 Å².